The molecule has 130 valence electrons. The van der Waals surface area contributed by atoms with Gasteiger partial charge in [0.05, 0.1) is 0 Å². The van der Waals surface area contributed by atoms with Crippen molar-refractivity contribution < 1.29 is 9.59 Å². The molecule has 1 heterocycles. The van der Waals surface area contributed by atoms with Gasteiger partial charge in [0, 0.05) is 17.8 Å². The summed E-state index contributed by atoms with van der Waals surface area (Å²) in [5.74, 6) is 0.167. The maximum Gasteiger partial charge on any atom is 0.249 e. The lowest BCUT2D eigenvalue weighted by Crippen LogP contribution is -2.24. The van der Waals surface area contributed by atoms with Crippen molar-refractivity contribution in [3.05, 3.63) is 49.1 Å². The Balaban J connectivity index is 1.52. The predicted octanol–water partition coefficient (Wildman–Crippen LogP) is 2.77. The Morgan fingerprint density at radius 1 is 1.24 bits per heavy atom. The van der Waals surface area contributed by atoms with Gasteiger partial charge in [0.15, 0.2) is 0 Å². The highest BCUT2D eigenvalue weighted by Crippen LogP contribution is 2.21. The summed E-state index contributed by atoms with van der Waals surface area (Å²) in [6.45, 7) is 1.75. The van der Waals surface area contributed by atoms with E-state index >= 15 is 0 Å². The molecule has 1 aromatic heterocycles. The van der Waals surface area contributed by atoms with Crippen molar-refractivity contribution in [1.82, 2.24) is 14.8 Å². The van der Waals surface area contributed by atoms with Crippen LogP contribution in [-0.2, 0) is 9.59 Å². The first kappa shape index (κ1) is 16.9. The maximum absolute atomic E-state index is 12.2. The minimum absolute atomic E-state index is 0.00754. The second-order valence-corrected chi connectivity index (χ2v) is 6.14. The molecule has 1 aromatic carbocycles. The molecule has 0 spiro atoms. The van der Waals surface area contributed by atoms with E-state index in [1.54, 1.807) is 31.2 Å². The third-order valence-corrected chi connectivity index (χ3v) is 4.21. The van der Waals surface area contributed by atoms with Crippen molar-refractivity contribution in [2.24, 2.45) is 5.92 Å². The fourth-order valence-corrected chi connectivity index (χ4v) is 2.74. The number of rotatable bonds is 6. The number of anilines is 2. The zero-order valence-corrected chi connectivity index (χ0v) is 14.1. The third kappa shape index (κ3) is 4.53. The van der Waals surface area contributed by atoms with Crippen molar-refractivity contribution in [3.63, 3.8) is 0 Å². The summed E-state index contributed by atoms with van der Waals surface area (Å²) in [6.07, 6.45) is 9.72. The molecule has 0 saturated heterocycles. The number of carbonyl (C=O) groups excluding carboxylic acids is 2. The van der Waals surface area contributed by atoms with Gasteiger partial charge in [0.25, 0.3) is 0 Å². The van der Waals surface area contributed by atoms with Gasteiger partial charge < -0.3 is 10.6 Å². The normalized spacial score (nSPS) is 17.2. The van der Waals surface area contributed by atoms with Crippen molar-refractivity contribution >= 4 is 23.2 Å². The van der Waals surface area contributed by atoms with Crippen LogP contribution in [-0.4, -0.2) is 26.6 Å². The minimum atomic E-state index is -0.457. The van der Waals surface area contributed by atoms with E-state index in [-0.39, 0.29) is 11.8 Å². The predicted molar refractivity (Wildman–Crippen MR) is 94.9 cm³/mol. The Bertz CT molecular complexity index is 752. The van der Waals surface area contributed by atoms with Crippen molar-refractivity contribution in [2.75, 3.05) is 10.6 Å². The minimum Gasteiger partial charge on any atom is -0.326 e. The number of carbonyl (C=O) groups is 2. The summed E-state index contributed by atoms with van der Waals surface area (Å²) in [5.41, 5.74) is 1.38. The number of nitrogens with zero attached hydrogens (tertiary/aromatic N) is 3. The molecule has 2 aromatic rings. The largest absolute Gasteiger partial charge is 0.326 e. The number of nitrogens with one attached hydrogen (secondary N) is 2. The Kier molecular flexibility index (Phi) is 5.23. The molecule has 3 rings (SSSR count). The highest BCUT2D eigenvalue weighted by molar-refractivity contribution is 5.94. The van der Waals surface area contributed by atoms with Crippen LogP contribution in [0.15, 0.2) is 49.1 Å². The molecule has 7 heteroatoms. The zero-order chi connectivity index (χ0) is 17.6. The average Bonchev–Trinajstić information content (AvgIpc) is 3.29. The summed E-state index contributed by atoms with van der Waals surface area (Å²) in [7, 11) is 0. The standard InChI is InChI=1S/C18H21N5O2/c1-13(23-12-19-11-20-23)18(25)22-16-8-6-15(7-9-16)21-17(24)10-14-4-2-3-5-14/h2,4,6-9,11-14H,3,5,10H2,1H3,(H,21,24)(H,22,25). The van der Waals surface area contributed by atoms with Gasteiger partial charge in [-0.25, -0.2) is 9.67 Å². The summed E-state index contributed by atoms with van der Waals surface area (Å²) < 4.78 is 1.49. The number of hydrogen-bond acceptors (Lipinski definition) is 4. The number of allylic oxidation sites excluding steroid dienone is 2. The van der Waals surface area contributed by atoms with Crippen LogP contribution in [0.1, 0.15) is 32.2 Å². The van der Waals surface area contributed by atoms with Gasteiger partial charge in [-0.15, -0.1) is 0 Å². The van der Waals surface area contributed by atoms with Crippen LogP contribution in [0.2, 0.25) is 0 Å². The molecule has 2 amide bonds. The van der Waals surface area contributed by atoms with Crippen LogP contribution in [0.3, 0.4) is 0 Å². The zero-order valence-electron chi connectivity index (χ0n) is 14.1. The van der Waals surface area contributed by atoms with Gasteiger partial charge in [-0.05, 0) is 49.9 Å². The third-order valence-electron chi connectivity index (χ3n) is 4.21. The number of amides is 2. The topological polar surface area (TPSA) is 88.9 Å². The second-order valence-electron chi connectivity index (χ2n) is 6.14. The summed E-state index contributed by atoms with van der Waals surface area (Å²) >= 11 is 0. The Hall–Kier alpha value is -2.96. The molecular weight excluding hydrogens is 318 g/mol. The molecule has 1 aliphatic carbocycles. The van der Waals surface area contributed by atoms with E-state index in [0.717, 1.165) is 12.8 Å². The fourth-order valence-electron chi connectivity index (χ4n) is 2.74. The van der Waals surface area contributed by atoms with E-state index in [1.807, 2.05) is 0 Å². The molecule has 7 nitrogen and oxygen atoms in total. The maximum atomic E-state index is 12.2. The van der Waals surface area contributed by atoms with Gasteiger partial charge in [-0.2, -0.15) is 5.10 Å². The lowest BCUT2D eigenvalue weighted by Gasteiger charge is -2.13. The first-order chi connectivity index (χ1) is 12.1. The van der Waals surface area contributed by atoms with Gasteiger partial charge in [-0.3, -0.25) is 9.59 Å². The molecule has 0 aliphatic heterocycles. The van der Waals surface area contributed by atoms with Crippen molar-refractivity contribution in [1.29, 1.82) is 0 Å². The molecule has 0 radical (unpaired) electrons. The van der Waals surface area contributed by atoms with Crippen molar-refractivity contribution in [3.8, 4) is 0 Å². The van der Waals surface area contributed by atoms with Gasteiger partial charge >= 0.3 is 0 Å². The van der Waals surface area contributed by atoms with E-state index in [1.165, 1.54) is 17.3 Å². The second kappa shape index (κ2) is 7.74. The number of hydrogen-bond donors (Lipinski definition) is 2. The Morgan fingerprint density at radius 3 is 2.56 bits per heavy atom. The van der Waals surface area contributed by atoms with E-state index in [4.69, 9.17) is 0 Å². The molecule has 25 heavy (non-hydrogen) atoms. The molecule has 1 aliphatic rings. The van der Waals surface area contributed by atoms with Crippen LogP contribution in [0, 0.1) is 5.92 Å². The SMILES string of the molecule is CC(C(=O)Nc1ccc(NC(=O)CC2C=CCC2)cc1)n1cncn1. The van der Waals surface area contributed by atoms with Crippen LogP contribution in [0.4, 0.5) is 11.4 Å². The molecule has 2 unspecified atom stereocenters. The van der Waals surface area contributed by atoms with Gasteiger partial charge in [0.1, 0.15) is 18.7 Å². The summed E-state index contributed by atoms with van der Waals surface area (Å²) in [5, 5.41) is 9.67. The molecule has 0 fully saturated rings. The van der Waals surface area contributed by atoms with Crippen LogP contribution in [0.5, 0.6) is 0 Å². The summed E-state index contributed by atoms with van der Waals surface area (Å²) in [6, 6.07) is 6.62. The lowest BCUT2D eigenvalue weighted by molar-refractivity contribution is -0.119. The molecule has 2 atom stereocenters. The Morgan fingerprint density at radius 2 is 1.96 bits per heavy atom. The molecular formula is C18H21N5O2. The first-order valence-electron chi connectivity index (χ1n) is 8.33. The monoisotopic (exact) mass is 339 g/mol. The van der Waals surface area contributed by atoms with Gasteiger partial charge in [0.2, 0.25) is 11.8 Å². The quantitative estimate of drug-likeness (QED) is 0.792. The van der Waals surface area contributed by atoms with Crippen LogP contribution < -0.4 is 10.6 Å². The van der Waals surface area contributed by atoms with E-state index in [9.17, 15) is 9.59 Å². The first-order valence-corrected chi connectivity index (χ1v) is 8.33. The summed E-state index contributed by atoms with van der Waals surface area (Å²) in [4.78, 5) is 28.0. The van der Waals surface area contributed by atoms with Crippen LogP contribution >= 0.6 is 0 Å². The molecule has 2 N–H and O–H groups in total. The smallest absolute Gasteiger partial charge is 0.249 e. The highest BCUT2D eigenvalue weighted by atomic mass is 16.2. The average molecular weight is 339 g/mol. The number of benzene rings is 1. The van der Waals surface area contributed by atoms with Crippen molar-refractivity contribution in [2.45, 2.75) is 32.2 Å². The highest BCUT2D eigenvalue weighted by Gasteiger charge is 2.16. The lowest BCUT2D eigenvalue weighted by atomic mass is 10.1. The van der Waals surface area contributed by atoms with Gasteiger partial charge in [-0.1, -0.05) is 12.2 Å². The number of aromatic nitrogens is 3. The van der Waals surface area contributed by atoms with E-state index < -0.39 is 6.04 Å². The fraction of sp³-hybridized carbons (Fsp3) is 0.333. The Labute approximate surface area is 146 Å². The van der Waals surface area contributed by atoms with E-state index in [0.29, 0.717) is 23.7 Å². The van der Waals surface area contributed by atoms with Crippen LogP contribution in [0.25, 0.3) is 0 Å². The van der Waals surface area contributed by atoms with E-state index in [2.05, 4.69) is 32.9 Å². The molecule has 0 saturated carbocycles. The molecule has 0 bridgehead atoms.